The van der Waals surface area contributed by atoms with Crippen LogP contribution in [0.4, 0.5) is 4.79 Å². The highest BCUT2D eigenvalue weighted by Gasteiger charge is 2.34. The number of esters is 1. The van der Waals surface area contributed by atoms with Crippen LogP contribution >= 0.6 is 0 Å². The number of carboxylic acid groups (broad SMARTS) is 1. The summed E-state index contributed by atoms with van der Waals surface area (Å²) in [5, 5.41) is 12.5. The van der Waals surface area contributed by atoms with Gasteiger partial charge in [0.1, 0.15) is 18.2 Å². The van der Waals surface area contributed by atoms with Crippen molar-refractivity contribution in [1.82, 2.24) is 5.32 Å². The summed E-state index contributed by atoms with van der Waals surface area (Å²) in [5.41, 5.74) is 4.45. The molecule has 0 radical (unpaired) electrons. The average molecular weight is 516 g/mol. The normalized spacial score (nSPS) is 14.1. The number of fused-ring (bicyclic) bond motifs is 3. The van der Waals surface area contributed by atoms with Crippen LogP contribution in [0.1, 0.15) is 49.8 Å². The van der Waals surface area contributed by atoms with Crippen LogP contribution in [0.25, 0.3) is 11.1 Å². The molecule has 7 heteroatoms. The highest BCUT2D eigenvalue weighted by Crippen LogP contribution is 2.44. The molecule has 0 saturated carbocycles. The number of aliphatic carboxylic acids is 1. The van der Waals surface area contributed by atoms with Crippen LogP contribution in [-0.2, 0) is 25.5 Å². The maximum atomic E-state index is 12.9. The van der Waals surface area contributed by atoms with Crippen molar-refractivity contribution in [1.29, 1.82) is 0 Å². The van der Waals surface area contributed by atoms with Crippen molar-refractivity contribution >= 4 is 18.0 Å². The van der Waals surface area contributed by atoms with Gasteiger partial charge in [-0.1, -0.05) is 78.9 Å². The van der Waals surface area contributed by atoms with Crippen LogP contribution in [0, 0.1) is 5.92 Å². The molecule has 2 N–H and O–H groups in total. The second-order valence-electron chi connectivity index (χ2n) is 10.5. The van der Waals surface area contributed by atoms with E-state index in [1.165, 1.54) is 0 Å². The van der Waals surface area contributed by atoms with E-state index in [0.29, 0.717) is 0 Å². The summed E-state index contributed by atoms with van der Waals surface area (Å²) in [6, 6.07) is 23.8. The molecule has 0 aliphatic heterocycles. The average Bonchev–Trinajstić information content (AvgIpc) is 3.19. The van der Waals surface area contributed by atoms with Gasteiger partial charge in [-0.2, -0.15) is 0 Å². The number of ether oxygens (including phenoxy) is 2. The highest BCUT2D eigenvalue weighted by atomic mass is 16.6. The fourth-order valence-corrected chi connectivity index (χ4v) is 4.97. The van der Waals surface area contributed by atoms with Crippen molar-refractivity contribution in [3.8, 4) is 11.1 Å². The lowest BCUT2D eigenvalue weighted by Gasteiger charge is -2.26. The van der Waals surface area contributed by atoms with E-state index in [4.69, 9.17) is 9.47 Å². The third kappa shape index (κ3) is 6.59. The molecule has 3 aromatic carbocycles. The molecule has 0 spiro atoms. The van der Waals surface area contributed by atoms with E-state index in [-0.39, 0.29) is 25.4 Å². The number of amides is 1. The molecular weight excluding hydrogens is 482 g/mol. The number of alkyl carbamates (subject to hydrolysis) is 1. The smallest absolute Gasteiger partial charge is 0.407 e. The van der Waals surface area contributed by atoms with Gasteiger partial charge in [-0.15, -0.1) is 0 Å². The Balaban J connectivity index is 1.48. The van der Waals surface area contributed by atoms with E-state index in [0.717, 1.165) is 27.8 Å². The molecule has 2 atom stereocenters. The summed E-state index contributed by atoms with van der Waals surface area (Å²) in [6.45, 7) is 5.31. The number of carbonyl (C=O) groups is 3. The third-order valence-electron chi connectivity index (χ3n) is 6.54. The van der Waals surface area contributed by atoms with E-state index in [1.54, 1.807) is 20.8 Å². The topological polar surface area (TPSA) is 102 Å². The Hall–Kier alpha value is -4.13. The molecule has 198 valence electrons. The summed E-state index contributed by atoms with van der Waals surface area (Å²) in [4.78, 5) is 37.8. The zero-order valence-electron chi connectivity index (χ0n) is 21.8. The van der Waals surface area contributed by atoms with Crippen molar-refractivity contribution in [2.45, 2.75) is 51.2 Å². The molecule has 1 aliphatic carbocycles. The molecule has 38 heavy (non-hydrogen) atoms. The molecule has 0 saturated heterocycles. The first kappa shape index (κ1) is 26.9. The first-order valence-corrected chi connectivity index (χ1v) is 12.7. The molecule has 0 aromatic heterocycles. The molecule has 1 aliphatic rings. The van der Waals surface area contributed by atoms with Gasteiger partial charge in [0.25, 0.3) is 0 Å². The van der Waals surface area contributed by atoms with Gasteiger partial charge >= 0.3 is 18.0 Å². The predicted octanol–water partition coefficient (Wildman–Crippen LogP) is 5.57. The zero-order chi connectivity index (χ0) is 27.3. The Morgan fingerprint density at radius 3 is 1.97 bits per heavy atom. The number of carbonyl (C=O) groups excluding carboxylic acids is 2. The van der Waals surface area contributed by atoms with Gasteiger partial charge in [-0.25, -0.2) is 9.59 Å². The maximum absolute atomic E-state index is 12.9. The summed E-state index contributed by atoms with van der Waals surface area (Å²) >= 11 is 0. The Kier molecular flexibility index (Phi) is 8.15. The van der Waals surface area contributed by atoms with Crippen LogP contribution in [0.5, 0.6) is 0 Å². The molecule has 0 bridgehead atoms. The molecule has 3 aromatic rings. The Morgan fingerprint density at radius 2 is 1.42 bits per heavy atom. The van der Waals surface area contributed by atoms with E-state index < -0.39 is 35.6 Å². The minimum absolute atomic E-state index is 0.0572. The van der Waals surface area contributed by atoms with Gasteiger partial charge in [-0.3, -0.25) is 4.79 Å². The van der Waals surface area contributed by atoms with Gasteiger partial charge in [0.2, 0.25) is 0 Å². The van der Waals surface area contributed by atoms with E-state index in [9.17, 15) is 19.5 Å². The summed E-state index contributed by atoms with van der Waals surface area (Å²) in [5.74, 6) is -2.68. The fourth-order valence-electron chi connectivity index (χ4n) is 4.97. The van der Waals surface area contributed by atoms with Crippen molar-refractivity contribution in [2.75, 3.05) is 6.61 Å². The van der Waals surface area contributed by atoms with Crippen LogP contribution in [0.15, 0.2) is 78.9 Å². The van der Waals surface area contributed by atoms with Crippen LogP contribution in [0.2, 0.25) is 0 Å². The molecule has 0 fully saturated rings. The minimum Gasteiger partial charge on any atom is -0.480 e. The van der Waals surface area contributed by atoms with Crippen molar-refractivity contribution in [3.63, 3.8) is 0 Å². The Labute approximate surface area is 222 Å². The lowest BCUT2D eigenvalue weighted by Crippen LogP contribution is -2.48. The van der Waals surface area contributed by atoms with Gasteiger partial charge in [-0.05, 0) is 55.0 Å². The van der Waals surface area contributed by atoms with Gasteiger partial charge in [0.05, 0.1) is 6.42 Å². The fraction of sp³-hybridized carbons (Fsp3) is 0.323. The second-order valence-corrected chi connectivity index (χ2v) is 10.5. The van der Waals surface area contributed by atoms with Crippen LogP contribution in [0.3, 0.4) is 0 Å². The van der Waals surface area contributed by atoms with Crippen LogP contribution in [-0.4, -0.2) is 41.4 Å². The van der Waals surface area contributed by atoms with E-state index in [2.05, 4.69) is 5.32 Å². The standard InChI is InChI=1S/C31H33NO6/c1-31(2,3)38-27(33)18-21(17-20-11-5-4-6-12-20)28(29(34)35)32-30(36)37-19-26-24-15-9-7-13-22(24)23-14-8-10-16-25(23)26/h4-16,21,26,28H,17-19H2,1-3H3,(H,32,36)(H,34,35)/t21-,28+/m1/s1. The molecule has 0 unspecified atom stereocenters. The predicted molar refractivity (Wildman–Crippen MR) is 144 cm³/mol. The number of nitrogens with one attached hydrogen (secondary N) is 1. The second kappa shape index (κ2) is 11.5. The number of hydrogen-bond acceptors (Lipinski definition) is 5. The first-order chi connectivity index (χ1) is 18.1. The van der Waals surface area contributed by atoms with Gasteiger partial charge < -0.3 is 19.9 Å². The van der Waals surface area contributed by atoms with E-state index in [1.807, 2.05) is 78.9 Å². The van der Waals surface area contributed by atoms with Crippen molar-refractivity contribution in [3.05, 3.63) is 95.6 Å². The largest absolute Gasteiger partial charge is 0.480 e. The summed E-state index contributed by atoms with van der Waals surface area (Å²) in [7, 11) is 0. The third-order valence-corrected chi connectivity index (χ3v) is 6.54. The lowest BCUT2D eigenvalue weighted by atomic mass is 9.89. The number of hydrogen-bond donors (Lipinski definition) is 2. The highest BCUT2D eigenvalue weighted by molar-refractivity contribution is 5.82. The molecular formula is C31H33NO6. The summed E-state index contributed by atoms with van der Waals surface area (Å²) in [6.07, 6.45) is -0.755. The minimum atomic E-state index is -1.35. The van der Waals surface area contributed by atoms with Crippen molar-refractivity contribution in [2.24, 2.45) is 5.92 Å². The Morgan fingerprint density at radius 1 is 0.868 bits per heavy atom. The molecule has 4 rings (SSSR count). The van der Waals surface area contributed by atoms with Crippen molar-refractivity contribution < 1.29 is 29.0 Å². The number of benzene rings is 3. The maximum Gasteiger partial charge on any atom is 0.407 e. The molecule has 7 nitrogen and oxygen atoms in total. The molecule has 1 amide bonds. The van der Waals surface area contributed by atoms with Gasteiger partial charge in [0, 0.05) is 11.8 Å². The monoisotopic (exact) mass is 515 g/mol. The van der Waals surface area contributed by atoms with Gasteiger partial charge in [0.15, 0.2) is 0 Å². The SMILES string of the molecule is CC(C)(C)OC(=O)C[C@@H](Cc1ccccc1)[C@H](NC(=O)OCC1c2ccccc2-c2ccccc21)C(=O)O. The summed E-state index contributed by atoms with van der Waals surface area (Å²) < 4.78 is 11.0. The van der Waals surface area contributed by atoms with E-state index >= 15 is 0 Å². The number of rotatable bonds is 9. The zero-order valence-corrected chi connectivity index (χ0v) is 21.8. The molecule has 0 heterocycles. The quantitative estimate of drug-likeness (QED) is 0.361. The lowest BCUT2D eigenvalue weighted by molar-refractivity contribution is -0.156. The number of carboxylic acids is 1. The first-order valence-electron chi connectivity index (χ1n) is 12.7. The van der Waals surface area contributed by atoms with Crippen LogP contribution < -0.4 is 5.32 Å². The Bertz CT molecular complexity index is 1250.